The van der Waals surface area contributed by atoms with Crippen molar-refractivity contribution >= 4 is 20.0 Å². The molecule has 1 atom stereocenters. The van der Waals surface area contributed by atoms with Gasteiger partial charge in [0, 0.05) is 18.6 Å². The Morgan fingerprint density at radius 2 is 1.88 bits per heavy atom. The zero-order chi connectivity index (χ0) is 18.0. The number of benzene rings is 1. The minimum absolute atomic E-state index is 0.00187. The highest BCUT2D eigenvalue weighted by atomic mass is 28.3. The number of hydrogen-bond donors (Lipinski definition) is 0. The van der Waals surface area contributed by atoms with Gasteiger partial charge in [-0.05, 0) is 10.6 Å². The number of likely N-dealkylation sites (tertiary alicyclic amines) is 1. The van der Waals surface area contributed by atoms with Crippen molar-refractivity contribution < 1.29 is 14.3 Å². The molecule has 0 aliphatic carbocycles. The van der Waals surface area contributed by atoms with E-state index in [1.807, 2.05) is 35.2 Å². The largest absolute Gasteiger partial charge is 0.461 e. The summed E-state index contributed by atoms with van der Waals surface area (Å²) in [6.45, 7) is 12.2. The third-order valence-corrected chi connectivity index (χ3v) is 11.7. The second-order valence-corrected chi connectivity index (χ2v) is 13.8. The van der Waals surface area contributed by atoms with Crippen molar-refractivity contribution in [3.63, 3.8) is 0 Å². The number of amides is 1. The molecule has 1 heterocycles. The van der Waals surface area contributed by atoms with E-state index in [9.17, 15) is 9.59 Å². The predicted molar refractivity (Wildman–Crippen MR) is 98.2 cm³/mol. The van der Waals surface area contributed by atoms with Gasteiger partial charge in [0.2, 0.25) is 5.91 Å². The molecule has 1 saturated heterocycles. The van der Waals surface area contributed by atoms with Crippen molar-refractivity contribution in [3.05, 3.63) is 35.9 Å². The first-order valence-corrected chi connectivity index (χ1v) is 11.7. The number of nitrogens with zero attached hydrogens (tertiary/aromatic N) is 1. The summed E-state index contributed by atoms with van der Waals surface area (Å²) >= 11 is 0. The van der Waals surface area contributed by atoms with Crippen molar-refractivity contribution in [1.82, 2.24) is 4.90 Å². The van der Waals surface area contributed by atoms with Gasteiger partial charge in [0.1, 0.15) is 6.61 Å². The average molecular weight is 348 g/mol. The second kappa shape index (κ2) is 7.09. The maximum Gasteiger partial charge on any atom is 0.307 e. The Morgan fingerprint density at radius 1 is 1.25 bits per heavy atom. The fraction of sp³-hybridized carbons (Fsp3) is 0.579. The van der Waals surface area contributed by atoms with Crippen molar-refractivity contribution in [3.8, 4) is 0 Å². The van der Waals surface area contributed by atoms with Gasteiger partial charge in [-0.3, -0.25) is 9.59 Å². The molecule has 0 spiro atoms. The van der Waals surface area contributed by atoms with Gasteiger partial charge in [-0.15, -0.1) is 0 Å². The summed E-state index contributed by atoms with van der Waals surface area (Å²) in [7, 11) is -1.88. The van der Waals surface area contributed by atoms with E-state index in [-0.39, 0.29) is 29.2 Å². The Balaban J connectivity index is 2.05. The summed E-state index contributed by atoms with van der Waals surface area (Å²) in [6.07, 6.45) is 0.902. The molecule has 4 nitrogen and oxygen atoms in total. The van der Waals surface area contributed by atoms with Crippen molar-refractivity contribution in [2.24, 2.45) is 0 Å². The van der Waals surface area contributed by atoms with Gasteiger partial charge in [-0.1, -0.05) is 64.2 Å². The molecule has 24 heavy (non-hydrogen) atoms. The zero-order valence-corrected chi connectivity index (χ0v) is 16.5. The highest BCUT2D eigenvalue weighted by molar-refractivity contribution is 6.82. The Bertz CT molecular complexity index is 592. The molecule has 1 aromatic carbocycles. The minimum atomic E-state index is -1.88. The van der Waals surface area contributed by atoms with E-state index in [1.165, 1.54) is 0 Å². The molecule has 1 aromatic rings. The molecule has 0 unspecified atom stereocenters. The summed E-state index contributed by atoms with van der Waals surface area (Å²) in [5.74, 6) is -0.0472. The van der Waals surface area contributed by atoms with Crippen LogP contribution in [0.1, 0.15) is 39.2 Å². The molecule has 0 aromatic heterocycles. The quantitative estimate of drug-likeness (QED) is 0.447. The molecule has 5 heteroatoms. The number of β-lactam (4-membered cyclic amide) rings is 1. The normalized spacial score (nSPS) is 16.5. The lowest BCUT2D eigenvalue weighted by molar-refractivity contribution is -0.148. The first-order chi connectivity index (χ1) is 11.1. The third-order valence-electron chi connectivity index (χ3n) is 5.63. The molecule has 0 N–H and O–H groups in total. The molecule has 0 radical (unpaired) electrons. The van der Waals surface area contributed by atoms with E-state index >= 15 is 0 Å². The summed E-state index contributed by atoms with van der Waals surface area (Å²) in [5, 5.41) is 0.104. The maximum atomic E-state index is 12.4. The Hall–Kier alpha value is -1.62. The van der Waals surface area contributed by atoms with Gasteiger partial charge in [-0.2, -0.15) is 0 Å². The molecule has 1 amide bonds. The van der Waals surface area contributed by atoms with Crippen LogP contribution in [-0.4, -0.2) is 37.1 Å². The molecule has 132 valence electrons. The minimum Gasteiger partial charge on any atom is -0.461 e. The Labute approximate surface area is 146 Å². The zero-order valence-electron chi connectivity index (χ0n) is 15.5. The summed E-state index contributed by atoms with van der Waals surface area (Å²) in [4.78, 5) is 26.3. The van der Waals surface area contributed by atoms with Crippen LogP contribution >= 0.6 is 0 Å². The third kappa shape index (κ3) is 4.07. The van der Waals surface area contributed by atoms with Gasteiger partial charge in [0.15, 0.2) is 0 Å². The monoisotopic (exact) mass is 347 g/mol. The van der Waals surface area contributed by atoms with Gasteiger partial charge in [0.25, 0.3) is 0 Å². The number of carbonyl (C=O) groups is 2. The van der Waals surface area contributed by atoms with Gasteiger partial charge in [0.05, 0.1) is 14.5 Å². The smallest absolute Gasteiger partial charge is 0.307 e. The standard InChI is InChI=1S/C19H29NO3Si/c1-19(2,3)24(4,5)17(20-12-11-16(20)21)13-18(22)23-14-15-9-7-6-8-10-15/h6-10,17H,11-14H2,1-5H3/t17-/m1/s1. The van der Waals surface area contributed by atoms with Crippen molar-refractivity contribution in [2.75, 3.05) is 6.54 Å². The van der Waals surface area contributed by atoms with Crippen LogP contribution < -0.4 is 0 Å². The predicted octanol–water partition coefficient (Wildman–Crippen LogP) is 3.77. The van der Waals surface area contributed by atoms with Crippen LogP contribution in [-0.2, 0) is 20.9 Å². The lowest BCUT2D eigenvalue weighted by Gasteiger charge is -2.50. The summed E-state index contributed by atoms with van der Waals surface area (Å²) in [5.41, 5.74) is 0.983. The maximum absolute atomic E-state index is 12.4. The molecule has 1 aliphatic heterocycles. The highest BCUT2D eigenvalue weighted by Crippen LogP contribution is 2.42. The number of rotatable bonds is 6. The van der Waals surface area contributed by atoms with Crippen LogP contribution in [0.15, 0.2) is 30.3 Å². The van der Waals surface area contributed by atoms with E-state index in [4.69, 9.17) is 4.74 Å². The number of esters is 1. The summed E-state index contributed by atoms with van der Waals surface area (Å²) < 4.78 is 5.47. The van der Waals surface area contributed by atoms with Crippen LogP contribution in [0.25, 0.3) is 0 Å². The fourth-order valence-electron chi connectivity index (χ4n) is 2.87. The van der Waals surface area contributed by atoms with Crippen molar-refractivity contribution in [1.29, 1.82) is 0 Å². The number of ether oxygens (including phenoxy) is 1. The lowest BCUT2D eigenvalue weighted by atomic mass is 10.2. The van der Waals surface area contributed by atoms with E-state index in [0.717, 1.165) is 12.1 Å². The first-order valence-electron chi connectivity index (χ1n) is 8.62. The topological polar surface area (TPSA) is 46.6 Å². The first kappa shape index (κ1) is 18.7. The highest BCUT2D eigenvalue weighted by Gasteiger charge is 2.48. The Morgan fingerprint density at radius 3 is 2.33 bits per heavy atom. The van der Waals surface area contributed by atoms with Crippen LogP contribution in [0.5, 0.6) is 0 Å². The Kier molecular flexibility index (Phi) is 5.53. The van der Waals surface area contributed by atoms with Crippen LogP contribution in [0, 0.1) is 0 Å². The van der Waals surface area contributed by atoms with Gasteiger partial charge < -0.3 is 9.64 Å². The van der Waals surface area contributed by atoms with E-state index in [2.05, 4.69) is 33.9 Å². The molecule has 0 saturated carbocycles. The van der Waals surface area contributed by atoms with E-state index < -0.39 is 8.07 Å². The number of hydrogen-bond acceptors (Lipinski definition) is 3. The van der Waals surface area contributed by atoms with E-state index in [1.54, 1.807) is 0 Å². The molecular formula is C19H29NO3Si. The van der Waals surface area contributed by atoms with E-state index in [0.29, 0.717) is 12.8 Å². The van der Waals surface area contributed by atoms with Gasteiger partial charge >= 0.3 is 5.97 Å². The van der Waals surface area contributed by atoms with Crippen molar-refractivity contribution in [2.45, 2.75) is 64.0 Å². The summed E-state index contributed by atoms with van der Waals surface area (Å²) in [6, 6.07) is 9.68. The lowest BCUT2D eigenvalue weighted by Crippen LogP contribution is -2.63. The second-order valence-electron chi connectivity index (χ2n) is 8.18. The molecule has 2 rings (SSSR count). The molecule has 1 fully saturated rings. The van der Waals surface area contributed by atoms with Crippen LogP contribution in [0.2, 0.25) is 18.1 Å². The fourth-order valence-corrected chi connectivity index (χ4v) is 5.60. The average Bonchev–Trinajstić information content (AvgIpc) is 2.50. The molecule has 1 aliphatic rings. The van der Waals surface area contributed by atoms with Gasteiger partial charge in [-0.25, -0.2) is 0 Å². The molecular weight excluding hydrogens is 318 g/mol. The van der Waals surface area contributed by atoms with Crippen LogP contribution in [0.4, 0.5) is 0 Å². The number of carbonyl (C=O) groups excluding carboxylic acids is 2. The van der Waals surface area contributed by atoms with Crippen LogP contribution in [0.3, 0.4) is 0 Å². The molecule has 0 bridgehead atoms. The SMILES string of the molecule is CC(C)(C)[Si](C)(C)[C@H](CC(=O)OCc1ccccc1)N1CCC1=O.